The fourth-order valence-electron chi connectivity index (χ4n) is 4.84. The first-order chi connectivity index (χ1) is 18.3. The Balaban J connectivity index is 1.51. The maximum absolute atomic E-state index is 12.7. The first-order valence-electron chi connectivity index (χ1n) is 12.5. The van der Waals surface area contributed by atoms with Crippen molar-refractivity contribution in [3.63, 3.8) is 0 Å². The van der Waals surface area contributed by atoms with Crippen molar-refractivity contribution in [3.8, 4) is 22.9 Å². The van der Waals surface area contributed by atoms with Crippen LogP contribution in [0.1, 0.15) is 29.0 Å². The van der Waals surface area contributed by atoms with E-state index in [1.165, 1.54) is 0 Å². The molecule has 0 saturated carbocycles. The summed E-state index contributed by atoms with van der Waals surface area (Å²) in [5.74, 6) is 0.594. The van der Waals surface area contributed by atoms with Gasteiger partial charge in [0.2, 0.25) is 15.9 Å². The highest BCUT2D eigenvalue weighted by Crippen LogP contribution is 2.30. The van der Waals surface area contributed by atoms with Gasteiger partial charge < -0.3 is 15.0 Å². The van der Waals surface area contributed by atoms with Gasteiger partial charge in [0.1, 0.15) is 5.75 Å². The van der Waals surface area contributed by atoms with Crippen LogP contribution >= 0.6 is 0 Å². The van der Waals surface area contributed by atoms with Gasteiger partial charge in [0.05, 0.1) is 31.5 Å². The number of hydrogen-bond donors (Lipinski definition) is 2. The Morgan fingerprint density at radius 1 is 1.08 bits per heavy atom. The van der Waals surface area contributed by atoms with Crippen LogP contribution in [0, 0.1) is 11.3 Å². The van der Waals surface area contributed by atoms with Gasteiger partial charge in [-0.2, -0.15) is 5.26 Å². The zero-order valence-electron chi connectivity index (χ0n) is 21.6. The SMILES string of the molecule is COc1ccc(-c2ccc(C#N)cc2)cc1CN[C@H]1CCN(C(=O)CNS(C)(=O)=O)C[C@H]1c1ccccc1. The number of carbonyl (C=O) groups is 1. The lowest BCUT2D eigenvalue weighted by Crippen LogP contribution is -2.51. The van der Waals surface area contributed by atoms with Gasteiger partial charge in [0.15, 0.2) is 0 Å². The van der Waals surface area contributed by atoms with Crippen molar-refractivity contribution in [1.29, 1.82) is 5.26 Å². The average molecular weight is 533 g/mol. The number of amides is 1. The van der Waals surface area contributed by atoms with Crippen LogP contribution < -0.4 is 14.8 Å². The zero-order chi connectivity index (χ0) is 27.1. The van der Waals surface area contributed by atoms with Crippen LogP contribution in [0.5, 0.6) is 5.75 Å². The first-order valence-corrected chi connectivity index (χ1v) is 14.3. The zero-order valence-corrected chi connectivity index (χ0v) is 22.4. The van der Waals surface area contributed by atoms with Crippen LogP contribution in [0.3, 0.4) is 0 Å². The Morgan fingerprint density at radius 3 is 2.45 bits per heavy atom. The second-order valence-corrected chi connectivity index (χ2v) is 11.3. The molecule has 0 bridgehead atoms. The molecule has 198 valence electrons. The van der Waals surface area contributed by atoms with Gasteiger partial charge >= 0.3 is 0 Å². The average Bonchev–Trinajstić information content (AvgIpc) is 2.94. The van der Waals surface area contributed by atoms with Gasteiger partial charge in [0.25, 0.3) is 0 Å². The Kier molecular flexibility index (Phi) is 8.79. The molecule has 1 amide bonds. The normalized spacial score (nSPS) is 17.6. The minimum atomic E-state index is -3.44. The van der Waals surface area contributed by atoms with Gasteiger partial charge in [-0.05, 0) is 47.4 Å². The number of hydrogen-bond acceptors (Lipinski definition) is 6. The quantitative estimate of drug-likeness (QED) is 0.438. The molecule has 38 heavy (non-hydrogen) atoms. The maximum Gasteiger partial charge on any atom is 0.237 e. The van der Waals surface area contributed by atoms with Crippen LogP contribution in [0.25, 0.3) is 11.1 Å². The smallest absolute Gasteiger partial charge is 0.237 e. The molecule has 2 atom stereocenters. The highest BCUT2D eigenvalue weighted by molar-refractivity contribution is 7.88. The summed E-state index contributed by atoms with van der Waals surface area (Å²) in [4.78, 5) is 14.5. The first kappa shape index (κ1) is 27.3. The van der Waals surface area contributed by atoms with E-state index in [4.69, 9.17) is 10.00 Å². The molecule has 0 aliphatic carbocycles. The van der Waals surface area contributed by atoms with Crippen LogP contribution in [0.4, 0.5) is 0 Å². The molecule has 2 N–H and O–H groups in total. The summed E-state index contributed by atoms with van der Waals surface area (Å²) in [6.45, 7) is 1.37. The molecule has 0 aromatic heterocycles. The topological polar surface area (TPSA) is 112 Å². The lowest BCUT2D eigenvalue weighted by atomic mass is 9.85. The van der Waals surface area contributed by atoms with E-state index >= 15 is 0 Å². The molecule has 3 aromatic rings. The van der Waals surface area contributed by atoms with Gasteiger partial charge in [-0.25, -0.2) is 13.1 Å². The van der Waals surface area contributed by atoms with Gasteiger partial charge in [0, 0.05) is 37.2 Å². The lowest BCUT2D eigenvalue weighted by molar-refractivity contribution is -0.131. The van der Waals surface area contributed by atoms with E-state index in [9.17, 15) is 13.2 Å². The number of nitrogens with zero attached hydrogens (tertiary/aromatic N) is 2. The van der Waals surface area contributed by atoms with Crippen molar-refractivity contribution in [2.45, 2.75) is 24.9 Å². The Hall–Kier alpha value is -3.71. The molecule has 0 spiro atoms. The number of nitrogens with one attached hydrogen (secondary N) is 2. The third kappa shape index (κ3) is 6.98. The predicted molar refractivity (Wildman–Crippen MR) is 147 cm³/mol. The number of benzene rings is 3. The van der Waals surface area contributed by atoms with Crippen LogP contribution in [-0.4, -0.2) is 58.3 Å². The number of piperidine rings is 1. The van der Waals surface area contributed by atoms with Crippen LogP contribution in [0.2, 0.25) is 0 Å². The molecule has 9 heteroatoms. The predicted octanol–water partition coefficient (Wildman–Crippen LogP) is 3.26. The minimum absolute atomic E-state index is 0.0415. The Morgan fingerprint density at radius 2 is 1.79 bits per heavy atom. The van der Waals surface area contributed by atoms with E-state index in [1.54, 1.807) is 12.0 Å². The lowest BCUT2D eigenvalue weighted by Gasteiger charge is -2.39. The van der Waals surface area contributed by atoms with E-state index in [2.05, 4.69) is 34.3 Å². The number of ether oxygens (including phenoxy) is 1. The van der Waals surface area contributed by atoms with Gasteiger partial charge in [-0.15, -0.1) is 0 Å². The third-order valence-corrected chi connectivity index (χ3v) is 7.53. The molecule has 0 radical (unpaired) electrons. The van der Waals surface area contributed by atoms with E-state index < -0.39 is 10.0 Å². The van der Waals surface area contributed by atoms with Gasteiger partial charge in [-0.3, -0.25) is 4.79 Å². The van der Waals surface area contributed by atoms with E-state index in [-0.39, 0.29) is 24.4 Å². The van der Waals surface area contributed by atoms with Gasteiger partial charge in [-0.1, -0.05) is 48.5 Å². The summed E-state index contributed by atoms with van der Waals surface area (Å²) in [6.07, 6.45) is 1.77. The number of nitriles is 1. The Labute approximate surface area is 224 Å². The van der Waals surface area contributed by atoms with Crippen molar-refractivity contribution in [2.75, 3.05) is 33.0 Å². The largest absolute Gasteiger partial charge is 0.496 e. The third-order valence-electron chi connectivity index (χ3n) is 6.86. The molecule has 1 saturated heterocycles. The summed E-state index contributed by atoms with van der Waals surface area (Å²) in [6, 6.07) is 25.9. The van der Waals surface area contributed by atoms with Crippen molar-refractivity contribution >= 4 is 15.9 Å². The molecule has 1 aliphatic rings. The van der Waals surface area contributed by atoms with E-state index in [0.717, 1.165) is 40.7 Å². The van der Waals surface area contributed by atoms with E-state index in [1.807, 2.05) is 54.6 Å². The summed E-state index contributed by atoms with van der Waals surface area (Å²) in [7, 11) is -1.79. The van der Waals surface area contributed by atoms with Crippen molar-refractivity contribution in [2.24, 2.45) is 0 Å². The summed E-state index contributed by atoms with van der Waals surface area (Å²) in [5.41, 5.74) is 4.80. The monoisotopic (exact) mass is 532 g/mol. The van der Waals surface area contributed by atoms with Crippen LogP contribution in [-0.2, 0) is 21.4 Å². The number of sulfonamides is 1. The molecular formula is C29H32N4O4S. The number of rotatable bonds is 9. The Bertz CT molecular complexity index is 1400. The highest BCUT2D eigenvalue weighted by Gasteiger charge is 2.32. The number of methoxy groups -OCH3 is 1. The molecule has 1 fully saturated rings. The number of likely N-dealkylation sites (tertiary alicyclic amines) is 1. The second-order valence-electron chi connectivity index (χ2n) is 9.44. The molecule has 1 aliphatic heterocycles. The fourth-order valence-corrected chi connectivity index (χ4v) is 5.23. The van der Waals surface area contributed by atoms with Crippen molar-refractivity contribution < 1.29 is 17.9 Å². The summed E-state index contributed by atoms with van der Waals surface area (Å²) < 4.78 is 30.9. The van der Waals surface area contributed by atoms with Crippen LogP contribution in [0.15, 0.2) is 72.8 Å². The molecule has 4 rings (SSSR count). The molecule has 1 heterocycles. The summed E-state index contributed by atoms with van der Waals surface area (Å²) in [5, 5.41) is 12.8. The second kappa shape index (κ2) is 12.2. The van der Waals surface area contributed by atoms with E-state index in [0.29, 0.717) is 25.2 Å². The number of carbonyl (C=O) groups excluding carboxylic acids is 1. The fraction of sp³-hybridized carbons (Fsp3) is 0.310. The van der Waals surface area contributed by atoms with Crippen molar-refractivity contribution in [3.05, 3.63) is 89.5 Å². The standard InChI is InChI=1S/C29H32N4O4S/c1-37-28-13-12-24(22-10-8-21(17-30)9-11-22)16-25(28)18-31-27-14-15-33(29(34)19-32-38(2,35)36)20-26(27)23-6-4-3-5-7-23/h3-13,16,26-27,31-32H,14-15,18-20H2,1-2H3/t26-,27-/m0/s1. The molecule has 8 nitrogen and oxygen atoms in total. The van der Waals surface area contributed by atoms with Crippen molar-refractivity contribution in [1.82, 2.24) is 14.9 Å². The molecule has 3 aromatic carbocycles. The molecular weight excluding hydrogens is 500 g/mol. The highest BCUT2D eigenvalue weighted by atomic mass is 32.2. The maximum atomic E-state index is 12.7. The minimum Gasteiger partial charge on any atom is -0.496 e. The molecule has 0 unspecified atom stereocenters. The summed E-state index contributed by atoms with van der Waals surface area (Å²) >= 11 is 0.